The first kappa shape index (κ1) is 17.9. The van der Waals surface area contributed by atoms with E-state index in [4.69, 9.17) is 0 Å². The molecule has 0 saturated carbocycles. The van der Waals surface area contributed by atoms with Gasteiger partial charge in [0.1, 0.15) is 0 Å². The quantitative estimate of drug-likeness (QED) is 0.794. The second kappa shape index (κ2) is 6.12. The molecule has 0 radical (unpaired) electrons. The van der Waals surface area contributed by atoms with Crippen molar-refractivity contribution in [2.45, 2.75) is 46.3 Å². The molecule has 2 aromatic rings. The molecule has 0 saturated heterocycles. The fraction of sp³-hybridized carbons (Fsp3) is 0.562. The maximum absolute atomic E-state index is 12.6. The SMILES string of the molecule is CC(C)(C)CC(=O)N1CCc2sc(-c3noc(C(F)(F)F)n3)cc2C1. The molecule has 0 aliphatic carbocycles. The van der Waals surface area contributed by atoms with Crippen LogP contribution < -0.4 is 0 Å². The van der Waals surface area contributed by atoms with E-state index >= 15 is 0 Å². The predicted molar refractivity (Wildman–Crippen MR) is 85.8 cm³/mol. The number of carbonyl (C=O) groups is 1. The van der Waals surface area contributed by atoms with Crippen LogP contribution in [-0.4, -0.2) is 27.5 Å². The molecule has 0 bridgehead atoms. The van der Waals surface area contributed by atoms with E-state index in [1.165, 1.54) is 11.3 Å². The highest BCUT2D eigenvalue weighted by Gasteiger charge is 2.39. The number of fused-ring (bicyclic) bond motifs is 1. The zero-order valence-corrected chi connectivity index (χ0v) is 14.9. The van der Waals surface area contributed by atoms with Gasteiger partial charge in [0.25, 0.3) is 0 Å². The maximum atomic E-state index is 12.6. The van der Waals surface area contributed by atoms with E-state index in [0.29, 0.717) is 30.8 Å². The summed E-state index contributed by atoms with van der Waals surface area (Å²) in [6.07, 6.45) is -3.52. The highest BCUT2D eigenvalue weighted by molar-refractivity contribution is 7.15. The van der Waals surface area contributed by atoms with E-state index < -0.39 is 12.1 Å². The Kier molecular flexibility index (Phi) is 4.38. The maximum Gasteiger partial charge on any atom is 0.471 e. The fourth-order valence-electron chi connectivity index (χ4n) is 2.66. The van der Waals surface area contributed by atoms with Gasteiger partial charge in [0.15, 0.2) is 0 Å². The summed E-state index contributed by atoms with van der Waals surface area (Å²) in [7, 11) is 0. The Bertz CT molecular complexity index is 789. The zero-order valence-electron chi connectivity index (χ0n) is 14.1. The lowest BCUT2D eigenvalue weighted by Crippen LogP contribution is -2.37. The van der Waals surface area contributed by atoms with Crippen molar-refractivity contribution in [1.29, 1.82) is 0 Å². The summed E-state index contributed by atoms with van der Waals surface area (Å²) in [6.45, 7) is 7.11. The number of rotatable bonds is 2. The molecule has 0 N–H and O–H groups in total. The summed E-state index contributed by atoms with van der Waals surface area (Å²) in [5.74, 6) is -1.33. The molecule has 1 amide bonds. The number of halogens is 3. The molecule has 1 aliphatic rings. The summed E-state index contributed by atoms with van der Waals surface area (Å²) in [6, 6.07) is 1.75. The van der Waals surface area contributed by atoms with Gasteiger partial charge in [-0.25, -0.2) is 0 Å². The minimum absolute atomic E-state index is 0.0701. The van der Waals surface area contributed by atoms with Crippen LogP contribution in [0.15, 0.2) is 10.6 Å². The first-order valence-electron chi connectivity index (χ1n) is 7.83. The van der Waals surface area contributed by atoms with Gasteiger partial charge < -0.3 is 9.42 Å². The summed E-state index contributed by atoms with van der Waals surface area (Å²) in [5, 5.41) is 3.42. The monoisotopic (exact) mass is 373 g/mol. The van der Waals surface area contributed by atoms with Crippen molar-refractivity contribution in [3.05, 3.63) is 22.4 Å². The third-order valence-corrected chi connectivity index (χ3v) is 5.02. The highest BCUT2D eigenvalue weighted by Crippen LogP contribution is 2.36. The number of nitrogens with zero attached hydrogens (tertiary/aromatic N) is 3. The van der Waals surface area contributed by atoms with Gasteiger partial charge in [-0.3, -0.25) is 4.79 Å². The minimum atomic E-state index is -4.65. The number of amides is 1. The lowest BCUT2D eigenvalue weighted by molar-refractivity contribution is -0.159. The van der Waals surface area contributed by atoms with Crippen molar-refractivity contribution in [3.63, 3.8) is 0 Å². The second-order valence-electron chi connectivity index (χ2n) is 7.28. The Morgan fingerprint density at radius 3 is 2.68 bits per heavy atom. The minimum Gasteiger partial charge on any atom is -0.338 e. The highest BCUT2D eigenvalue weighted by atomic mass is 32.1. The second-order valence-corrected chi connectivity index (χ2v) is 8.42. The molecule has 0 atom stereocenters. The average Bonchev–Trinajstić information content (AvgIpc) is 3.10. The molecule has 1 aliphatic heterocycles. The Hall–Kier alpha value is -1.90. The first-order valence-corrected chi connectivity index (χ1v) is 8.65. The Morgan fingerprint density at radius 1 is 1.36 bits per heavy atom. The van der Waals surface area contributed by atoms with Crippen LogP contribution >= 0.6 is 11.3 Å². The molecular weight excluding hydrogens is 355 g/mol. The lowest BCUT2D eigenvalue weighted by Gasteiger charge is -2.29. The van der Waals surface area contributed by atoms with Crippen LogP contribution in [0, 0.1) is 5.41 Å². The topological polar surface area (TPSA) is 59.2 Å². The molecular formula is C16H18F3N3O2S. The molecule has 0 aromatic carbocycles. The number of hydrogen-bond donors (Lipinski definition) is 0. The van der Waals surface area contributed by atoms with E-state index in [-0.39, 0.29) is 17.1 Å². The molecule has 25 heavy (non-hydrogen) atoms. The standard InChI is InChI=1S/C16H18F3N3O2S/c1-15(2,3)7-12(23)22-5-4-10-9(8-22)6-11(25-10)13-20-14(24-21-13)16(17,18)19/h6H,4-5,7-8H2,1-3H3. The molecule has 5 nitrogen and oxygen atoms in total. The van der Waals surface area contributed by atoms with Crippen molar-refractivity contribution in [3.8, 4) is 10.7 Å². The van der Waals surface area contributed by atoms with Crippen LogP contribution in [0.25, 0.3) is 10.7 Å². The van der Waals surface area contributed by atoms with Crippen molar-refractivity contribution >= 4 is 17.2 Å². The predicted octanol–water partition coefficient (Wildman–Crippen LogP) is 4.14. The summed E-state index contributed by atoms with van der Waals surface area (Å²) in [5.41, 5.74) is 0.849. The third-order valence-electron chi connectivity index (χ3n) is 3.79. The molecule has 3 heterocycles. The average molecular weight is 373 g/mol. The molecule has 0 spiro atoms. The van der Waals surface area contributed by atoms with Crippen LogP contribution in [0.4, 0.5) is 13.2 Å². The lowest BCUT2D eigenvalue weighted by atomic mass is 9.91. The van der Waals surface area contributed by atoms with Gasteiger partial charge >= 0.3 is 12.1 Å². The Labute approximate surface area is 146 Å². The van der Waals surface area contributed by atoms with Crippen LogP contribution in [0.1, 0.15) is 43.5 Å². The van der Waals surface area contributed by atoms with Crippen LogP contribution in [0.3, 0.4) is 0 Å². The third kappa shape index (κ3) is 4.02. The van der Waals surface area contributed by atoms with Gasteiger partial charge in [0, 0.05) is 24.4 Å². The van der Waals surface area contributed by atoms with Gasteiger partial charge in [-0.1, -0.05) is 25.9 Å². The largest absolute Gasteiger partial charge is 0.471 e. The molecule has 0 fully saturated rings. The Morgan fingerprint density at radius 2 is 2.08 bits per heavy atom. The number of carbonyl (C=O) groups excluding carboxylic acids is 1. The van der Waals surface area contributed by atoms with Gasteiger partial charge in [-0.2, -0.15) is 18.2 Å². The van der Waals surface area contributed by atoms with Crippen LogP contribution in [-0.2, 0) is 23.9 Å². The van der Waals surface area contributed by atoms with Crippen molar-refractivity contribution in [2.75, 3.05) is 6.54 Å². The summed E-state index contributed by atoms with van der Waals surface area (Å²) >= 11 is 1.35. The first-order chi connectivity index (χ1) is 11.5. The molecule has 0 unspecified atom stereocenters. The Balaban J connectivity index is 1.77. The van der Waals surface area contributed by atoms with E-state index in [2.05, 4.69) is 14.7 Å². The molecule has 3 rings (SSSR count). The number of aromatic nitrogens is 2. The van der Waals surface area contributed by atoms with Crippen LogP contribution in [0.2, 0.25) is 0 Å². The summed E-state index contributed by atoms with van der Waals surface area (Å²) in [4.78, 5) is 19.2. The smallest absolute Gasteiger partial charge is 0.338 e. The van der Waals surface area contributed by atoms with Crippen molar-refractivity contribution in [2.24, 2.45) is 5.41 Å². The van der Waals surface area contributed by atoms with Crippen LogP contribution in [0.5, 0.6) is 0 Å². The normalized spacial score (nSPS) is 15.4. The van der Waals surface area contributed by atoms with E-state index in [9.17, 15) is 18.0 Å². The van der Waals surface area contributed by atoms with Gasteiger partial charge in [0.2, 0.25) is 11.7 Å². The van der Waals surface area contributed by atoms with E-state index in [1.807, 2.05) is 20.8 Å². The number of hydrogen-bond acceptors (Lipinski definition) is 5. The van der Waals surface area contributed by atoms with Gasteiger partial charge in [-0.05, 0) is 23.5 Å². The van der Waals surface area contributed by atoms with E-state index in [1.54, 1.807) is 11.0 Å². The van der Waals surface area contributed by atoms with Gasteiger partial charge in [-0.15, -0.1) is 11.3 Å². The van der Waals surface area contributed by atoms with Gasteiger partial charge in [0.05, 0.1) is 4.88 Å². The number of alkyl halides is 3. The van der Waals surface area contributed by atoms with Crippen molar-refractivity contribution < 1.29 is 22.5 Å². The molecule has 2 aromatic heterocycles. The fourth-order valence-corrected chi connectivity index (χ4v) is 3.75. The molecule has 136 valence electrons. The zero-order chi connectivity index (χ0) is 18.4. The van der Waals surface area contributed by atoms with Crippen molar-refractivity contribution in [1.82, 2.24) is 15.0 Å². The molecule has 9 heteroatoms. The van der Waals surface area contributed by atoms with E-state index in [0.717, 1.165) is 10.4 Å². The summed E-state index contributed by atoms with van der Waals surface area (Å²) < 4.78 is 42.0. The number of thiophene rings is 1.